The second-order valence-electron chi connectivity index (χ2n) is 5.68. The molecular weight excluding hydrogens is 328 g/mol. The highest BCUT2D eigenvalue weighted by molar-refractivity contribution is 7.98. The van der Waals surface area contributed by atoms with E-state index in [2.05, 4.69) is 17.0 Å². The zero-order chi connectivity index (χ0) is 15.5. The fourth-order valence-corrected chi connectivity index (χ4v) is 4.53. The van der Waals surface area contributed by atoms with Crippen molar-refractivity contribution in [1.29, 1.82) is 0 Å². The molecule has 1 aromatic carbocycles. The van der Waals surface area contributed by atoms with E-state index in [1.165, 1.54) is 17.8 Å². The molecule has 0 amide bonds. The van der Waals surface area contributed by atoms with Crippen LogP contribution in [0.4, 0.5) is 0 Å². The molecule has 0 aliphatic carbocycles. The lowest BCUT2D eigenvalue weighted by atomic mass is 9.81. The molecule has 0 spiro atoms. The molecule has 1 saturated heterocycles. The molecule has 0 bridgehead atoms. The van der Waals surface area contributed by atoms with Gasteiger partial charge in [-0.15, -0.1) is 11.8 Å². The molecule has 21 heavy (non-hydrogen) atoms. The van der Waals surface area contributed by atoms with Crippen molar-refractivity contribution in [2.24, 2.45) is 5.41 Å². The lowest BCUT2D eigenvalue weighted by Gasteiger charge is -2.34. The van der Waals surface area contributed by atoms with Crippen molar-refractivity contribution in [1.82, 2.24) is 10.0 Å². The third-order valence-corrected chi connectivity index (χ3v) is 6.55. The first-order valence-electron chi connectivity index (χ1n) is 6.90. The molecule has 4 nitrogen and oxygen atoms in total. The van der Waals surface area contributed by atoms with Crippen molar-refractivity contribution < 1.29 is 8.42 Å². The first-order chi connectivity index (χ1) is 9.86. The van der Waals surface area contributed by atoms with Gasteiger partial charge < -0.3 is 5.32 Å². The molecule has 1 aliphatic heterocycles. The summed E-state index contributed by atoms with van der Waals surface area (Å²) in [5, 5.41) is 3.76. The third-order valence-electron chi connectivity index (χ3n) is 3.93. The highest BCUT2D eigenvalue weighted by atomic mass is 35.5. The molecule has 1 aliphatic rings. The maximum Gasteiger partial charge on any atom is 0.240 e. The predicted octanol–water partition coefficient (Wildman–Crippen LogP) is 2.73. The lowest BCUT2D eigenvalue weighted by Crippen LogP contribution is -2.42. The van der Waals surface area contributed by atoms with Gasteiger partial charge in [-0.3, -0.25) is 0 Å². The number of thioether (sulfide) groups is 1. The van der Waals surface area contributed by atoms with Crippen LogP contribution in [0.2, 0.25) is 5.02 Å². The van der Waals surface area contributed by atoms with Crippen LogP contribution >= 0.6 is 23.4 Å². The average Bonchev–Trinajstić information content (AvgIpc) is 2.46. The second-order valence-corrected chi connectivity index (χ2v) is 8.70. The summed E-state index contributed by atoms with van der Waals surface area (Å²) in [6.07, 6.45) is 3.86. The number of nitrogens with one attached hydrogen (secondary N) is 2. The summed E-state index contributed by atoms with van der Waals surface area (Å²) in [6, 6.07) is 4.86. The molecule has 118 valence electrons. The number of hydrogen-bond donors (Lipinski definition) is 2. The van der Waals surface area contributed by atoms with Gasteiger partial charge in [0.1, 0.15) is 0 Å². The van der Waals surface area contributed by atoms with Gasteiger partial charge in [-0.05, 0) is 55.8 Å². The van der Waals surface area contributed by atoms with Gasteiger partial charge in [0.25, 0.3) is 0 Å². The quantitative estimate of drug-likeness (QED) is 0.803. The van der Waals surface area contributed by atoms with Crippen LogP contribution in [0.1, 0.15) is 19.8 Å². The normalized spacial score (nSPS) is 18.6. The fraction of sp³-hybridized carbons (Fsp3) is 0.571. The Morgan fingerprint density at radius 3 is 2.62 bits per heavy atom. The summed E-state index contributed by atoms with van der Waals surface area (Å²) >= 11 is 7.59. The predicted molar refractivity (Wildman–Crippen MR) is 88.6 cm³/mol. The molecule has 0 saturated carbocycles. The Kier molecular flexibility index (Phi) is 5.59. The molecule has 0 aromatic heterocycles. The Morgan fingerprint density at radius 1 is 1.38 bits per heavy atom. The van der Waals surface area contributed by atoms with Crippen LogP contribution in [-0.4, -0.2) is 34.3 Å². The van der Waals surface area contributed by atoms with E-state index in [0.717, 1.165) is 30.8 Å². The monoisotopic (exact) mass is 348 g/mol. The van der Waals surface area contributed by atoms with E-state index in [-0.39, 0.29) is 10.3 Å². The molecule has 0 atom stereocenters. The Hall–Kier alpha value is -0.270. The van der Waals surface area contributed by atoms with E-state index in [4.69, 9.17) is 11.6 Å². The Bertz CT molecular complexity index is 599. The van der Waals surface area contributed by atoms with Crippen molar-refractivity contribution in [3.63, 3.8) is 0 Å². The highest BCUT2D eigenvalue weighted by Gasteiger charge is 2.28. The first-order valence-corrected chi connectivity index (χ1v) is 9.99. The number of sulfonamides is 1. The molecule has 1 aromatic rings. The van der Waals surface area contributed by atoms with Crippen LogP contribution in [0.3, 0.4) is 0 Å². The van der Waals surface area contributed by atoms with Gasteiger partial charge >= 0.3 is 0 Å². The van der Waals surface area contributed by atoms with Gasteiger partial charge in [-0.1, -0.05) is 18.5 Å². The van der Waals surface area contributed by atoms with Crippen molar-refractivity contribution in [3.05, 3.63) is 23.2 Å². The fourth-order valence-electron chi connectivity index (χ4n) is 2.37. The van der Waals surface area contributed by atoms with Crippen molar-refractivity contribution >= 4 is 33.4 Å². The Balaban J connectivity index is 2.09. The first kappa shape index (κ1) is 17.1. The van der Waals surface area contributed by atoms with Crippen LogP contribution in [-0.2, 0) is 10.0 Å². The second kappa shape index (κ2) is 6.87. The van der Waals surface area contributed by atoms with E-state index in [0.29, 0.717) is 11.6 Å². The number of hydrogen-bond acceptors (Lipinski definition) is 4. The summed E-state index contributed by atoms with van der Waals surface area (Å²) in [4.78, 5) is 1.10. The number of benzene rings is 1. The van der Waals surface area contributed by atoms with Crippen LogP contribution in [0.15, 0.2) is 28.0 Å². The standard InChI is InChI=1S/C14H21ClN2O2S2/c1-14(5-7-16-8-6-14)10-17-21(18,19)11-3-4-13(20-2)12(15)9-11/h3-4,9,16-17H,5-8,10H2,1-2H3. The van der Waals surface area contributed by atoms with E-state index in [1.54, 1.807) is 12.1 Å². The highest BCUT2D eigenvalue weighted by Crippen LogP contribution is 2.29. The minimum absolute atomic E-state index is 0.0152. The molecule has 7 heteroatoms. The average molecular weight is 349 g/mol. The topological polar surface area (TPSA) is 58.2 Å². The van der Waals surface area contributed by atoms with Gasteiger partial charge in [-0.2, -0.15) is 0 Å². The summed E-state index contributed by atoms with van der Waals surface area (Å²) in [7, 11) is -3.51. The van der Waals surface area contributed by atoms with E-state index in [9.17, 15) is 8.42 Å². The van der Waals surface area contributed by atoms with Crippen LogP contribution < -0.4 is 10.0 Å². The Morgan fingerprint density at radius 2 is 2.05 bits per heavy atom. The minimum Gasteiger partial charge on any atom is -0.317 e. The van der Waals surface area contributed by atoms with Gasteiger partial charge in [0.2, 0.25) is 10.0 Å². The van der Waals surface area contributed by atoms with Gasteiger partial charge in [0.05, 0.1) is 9.92 Å². The summed E-state index contributed by atoms with van der Waals surface area (Å²) in [5.41, 5.74) is 0.0152. The number of halogens is 1. The summed E-state index contributed by atoms with van der Waals surface area (Å²) < 4.78 is 27.5. The van der Waals surface area contributed by atoms with Crippen molar-refractivity contribution in [2.45, 2.75) is 29.6 Å². The van der Waals surface area contributed by atoms with Gasteiger partial charge in [0, 0.05) is 11.4 Å². The van der Waals surface area contributed by atoms with Gasteiger partial charge in [0.15, 0.2) is 0 Å². The number of rotatable bonds is 5. The van der Waals surface area contributed by atoms with Crippen LogP contribution in [0.25, 0.3) is 0 Å². The maximum absolute atomic E-state index is 12.4. The maximum atomic E-state index is 12.4. The van der Waals surface area contributed by atoms with E-state index in [1.807, 2.05) is 6.26 Å². The number of piperidine rings is 1. The molecular formula is C14H21ClN2O2S2. The van der Waals surface area contributed by atoms with Crippen molar-refractivity contribution in [2.75, 3.05) is 25.9 Å². The lowest BCUT2D eigenvalue weighted by molar-refractivity contribution is 0.232. The molecule has 1 heterocycles. The summed E-state index contributed by atoms with van der Waals surface area (Å²) in [5.74, 6) is 0. The molecule has 2 rings (SSSR count). The van der Waals surface area contributed by atoms with Gasteiger partial charge in [-0.25, -0.2) is 13.1 Å². The molecule has 0 unspecified atom stereocenters. The molecule has 2 N–H and O–H groups in total. The zero-order valence-electron chi connectivity index (χ0n) is 12.3. The molecule has 0 radical (unpaired) electrons. The minimum atomic E-state index is -3.51. The van der Waals surface area contributed by atoms with Crippen LogP contribution in [0.5, 0.6) is 0 Å². The van der Waals surface area contributed by atoms with E-state index >= 15 is 0 Å². The smallest absolute Gasteiger partial charge is 0.240 e. The zero-order valence-corrected chi connectivity index (χ0v) is 14.7. The van der Waals surface area contributed by atoms with Crippen LogP contribution in [0, 0.1) is 5.41 Å². The molecule has 1 fully saturated rings. The Labute approximate surface area is 136 Å². The summed E-state index contributed by atoms with van der Waals surface area (Å²) in [6.45, 7) is 4.46. The largest absolute Gasteiger partial charge is 0.317 e. The third kappa shape index (κ3) is 4.36. The SMILES string of the molecule is CSc1ccc(S(=O)(=O)NCC2(C)CCNCC2)cc1Cl. The van der Waals surface area contributed by atoms with Crippen molar-refractivity contribution in [3.8, 4) is 0 Å². The van der Waals surface area contributed by atoms with E-state index < -0.39 is 10.0 Å².